The van der Waals surface area contributed by atoms with Crippen molar-refractivity contribution in [3.8, 4) is 11.4 Å². The van der Waals surface area contributed by atoms with Crippen molar-refractivity contribution in [1.29, 1.82) is 0 Å². The van der Waals surface area contributed by atoms with Crippen LogP contribution in [0.3, 0.4) is 0 Å². The first-order chi connectivity index (χ1) is 20.2. The van der Waals surface area contributed by atoms with E-state index in [2.05, 4.69) is 88.9 Å². The summed E-state index contributed by atoms with van der Waals surface area (Å²) in [5, 5.41) is 4.57. The molecule has 2 amide bonds. The lowest BCUT2D eigenvalue weighted by atomic mass is 10.1. The van der Waals surface area contributed by atoms with Gasteiger partial charge in [-0.25, -0.2) is 0 Å². The Hall–Kier alpha value is -5.16. The topological polar surface area (TPSA) is 47.2 Å². The van der Waals surface area contributed by atoms with Gasteiger partial charge in [0.1, 0.15) is 0 Å². The third-order valence-electron chi connectivity index (χ3n) is 8.44. The summed E-state index contributed by atoms with van der Waals surface area (Å²) in [5.74, 6) is -0.427. The Bertz CT molecular complexity index is 1940. The van der Waals surface area contributed by atoms with Crippen LogP contribution in [0.5, 0.6) is 0 Å². The molecule has 1 aliphatic heterocycles. The number of aromatic nitrogens is 2. The highest BCUT2D eigenvalue weighted by molar-refractivity contribution is 6.22. The molecule has 0 radical (unpaired) electrons. The molecule has 41 heavy (non-hydrogen) atoms. The first-order valence-corrected chi connectivity index (χ1v) is 14.2. The molecule has 0 fully saturated rings. The van der Waals surface area contributed by atoms with E-state index >= 15 is 0 Å². The second kappa shape index (κ2) is 8.93. The van der Waals surface area contributed by atoms with E-state index in [4.69, 9.17) is 0 Å². The van der Waals surface area contributed by atoms with Crippen LogP contribution in [0.1, 0.15) is 40.5 Å². The first kappa shape index (κ1) is 23.7. The fourth-order valence-corrected chi connectivity index (χ4v) is 6.56. The Morgan fingerprint density at radius 3 is 1.20 bits per heavy atom. The molecule has 0 bridgehead atoms. The van der Waals surface area contributed by atoms with Crippen molar-refractivity contribution < 1.29 is 9.59 Å². The van der Waals surface area contributed by atoms with E-state index in [1.54, 1.807) is 0 Å². The van der Waals surface area contributed by atoms with E-state index in [9.17, 15) is 9.59 Å². The molecule has 1 aliphatic rings. The molecule has 0 N–H and O–H groups in total. The number of benzene rings is 5. The highest BCUT2D eigenvalue weighted by atomic mass is 16.2. The van der Waals surface area contributed by atoms with Gasteiger partial charge in [-0.3, -0.25) is 14.5 Å². The number of hydrogen-bond acceptors (Lipinski definition) is 2. The van der Waals surface area contributed by atoms with Crippen molar-refractivity contribution in [2.45, 2.75) is 19.8 Å². The monoisotopic (exact) mass is 533 g/mol. The highest BCUT2D eigenvalue weighted by Crippen LogP contribution is 2.40. The summed E-state index contributed by atoms with van der Waals surface area (Å²) < 4.78 is 4.49. The average molecular weight is 534 g/mol. The Morgan fingerprint density at radius 1 is 0.512 bits per heavy atom. The smallest absolute Gasteiger partial charge is 0.261 e. The molecule has 5 aromatic carbocycles. The first-order valence-electron chi connectivity index (χ1n) is 14.2. The lowest BCUT2D eigenvalue weighted by Gasteiger charge is -2.18. The quantitative estimate of drug-likeness (QED) is 0.209. The van der Waals surface area contributed by atoms with Crippen molar-refractivity contribution in [3.63, 3.8) is 0 Å². The third kappa shape index (κ3) is 3.29. The Morgan fingerprint density at radius 2 is 0.854 bits per heavy atom. The summed E-state index contributed by atoms with van der Waals surface area (Å²) in [6.07, 6.45) is 1.69. The van der Waals surface area contributed by atoms with Crippen LogP contribution in [0, 0.1) is 0 Å². The number of carbonyl (C=O) groups excluding carboxylic acids is 2. The molecule has 3 heterocycles. The number of para-hydroxylation sites is 4. The Kier molecular flexibility index (Phi) is 5.16. The van der Waals surface area contributed by atoms with Crippen LogP contribution in [0.25, 0.3) is 55.0 Å². The minimum absolute atomic E-state index is 0.214. The molecular weight excluding hydrogens is 506 g/mol. The van der Waals surface area contributed by atoms with Gasteiger partial charge in [0.2, 0.25) is 0 Å². The molecule has 5 nitrogen and oxygen atoms in total. The second-order valence-electron chi connectivity index (χ2n) is 10.7. The second-order valence-corrected chi connectivity index (χ2v) is 10.7. The number of carbonyl (C=O) groups is 2. The van der Waals surface area contributed by atoms with Crippen LogP contribution in [0.15, 0.2) is 109 Å². The van der Waals surface area contributed by atoms with Crippen molar-refractivity contribution >= 4 is 55.4 Å². The summed E-state index contributed by atoms with van der Waals surface area (Å²) in [6, 6.07) is 37.4. The number of amides is 2. The zero-order valence-electron chi connectivity index (χ0n) is 22.7. The zero-order chi connectivity index (χ0) is 27.7. The summed E-state index contributed by atoms with van der Waals surface area (Å²) in [4.78, 5) is 28.8. The number of fused-ring (bicyclic) bond motifs is 7. The van der Waals surface area contributed by atoms with Gasteiger partial charge >= 0.3 is 0 Å². The predicted octanol–water partition coefficient (Wildman–Crippen LogP) is 8.28. The molecule has 0 saturated heterocycles. The van der Waals surface area contributed by atoms with Gasteiger partial charge in [0, 0.05) is 28.1 Å². The van der Waals surface area contributed by atoms with Crippen LogP contribution in [0.4, 0.5) is 0 Å². The largest absolute Gasteiger partial charge is 0.307 e. The maximum absolute atomic E-state index is 13.7. The van der Waals surface area contributed by atoms with Gasteiger partial charge in [-0.2, -0.15) is 0 Å². The number of hydrogen-bond donors (Lipinski definition) is 0. The van der Waals surface area contributed by atoms with Crippen LogP contribution in [-0.2, 0) is 0 Å². The summed E-state index contributed by atoms with van der Waals surface area (Å²) in [7, 11) is 0. The van der Waals surface area contributed by atoms with Gasteiger partial charge in [-0.05, 0) is 42.8 Å². The molecule has 0 unspecified atom stereocenters. The van der Waals surface area contributed by atoms with Crippen LogP contribution in [-0.4, -0.2) is 32.4 Å². The predicted molar refractivity (Wildman–Crippen MR) is 165 cm³/mol. The number of imide groups is 1. The molecule has 0 atom stereocenters. The van der Waals surface area contributed by atoms with E-state index in [-0.39, 0.29) is 11.8 Å². The third-order valence-corrected chi connectivity index (χ3v) is 8.44. The molecule has 0 saturated carbocycles. The molecule has 5 heteroatoms. The highest BCUT2D eigenvalue weighted by Gasteiger charge is 2.37. The number of rotatable bonds is 5. The van der Waals surface area contributed by atoms with Crippen molar-refractivity contribution in [1.82, 2.24) is 14.0 Å². The minimum atomic E-state index is -0.214. The molecular formula is C36H27N3O2. The average Bonchev–Trinajstić information content (AvgIpc) is 3.61. The minimum Gasteiger partial charge on any atom is -0.307 e. The van der Waals surface area contributed by atoms with Gasteiger partial charge in [-0.15, -0.1) is 0 Å². The van der Waals surface area contributed by atoms with E-state index in [0.29, 0.717) is 17.7 Å². The van der Waals surface area contributed by atoms with E-state index < -0.39 is 0 Å². The standard InChI is InChI=1S/C36H27N3O2/c1-2-3-20-37-35(40)27-21-33(38-29-16-8-4-12-23(29)24-13-5-9-17-30(24)38)34(22-28(27)36(37)41)39-31-18-10-6-14-25(31)26-15-7-11-19-32(26)39/h4-19,21-22H,2-3,20H2,1H3. The Balaban J connectivity index is 1.53. The van der Waals surface area contributed by atoms with Gasteiger partial charge in [-0.1, -0.05) is 86.1 Å². The van der Waals surface area contributed by atoms with E-state index in [0.717, 1.165) is 67.8 Å². The van der Waals surface area contributed by atoms with Crippen molar-refractivity contribution in [2.24, 2.45) is 0 Å². The van der Waals surface area contributed by atoms with Crippen molar-refractivity contribution in [2.75, 3.05) is 6.54 Å². The summed E-state index contributed by atoms with van der Waals surface area (Å²) in [6.45, 7) is 2.50. The van der Waals surface area contributed by atoms with Crippen molar-refractivity contribution in [3.05, 3.63) is 120 Å². The normalized spacial score (nSPS) is 13.3. The number of unbranched alkanes of at least 4 members (excludes halogenated alkanes) is 1. The summed E-state index contributed by atoms with van der Waals surface area (Å²) in [5.41, 5.74) is 6.87. The summed E-state index contributed by atoms with van der Waals surface area (Å²) >= 11 is 0. The zero-order valence-corrected chi connectivity index (χ0v) is 22.7. The van der Waals surface area contributed by atoms with Gasteiger partial charge in [0.15, 0.2) is 0 Å². The van der Waals surface area contributed by atoms with Gasteiger partial charge in [0.25, 0.3) is 11.8 Å². The van der Waals surface area contributed by atoms with Crippen LogP contribution in [0.2, 0.25) is 0 Å². The fourth-order valence-electron chi connectivity index (χ4n) is 6.56. The van der Waals surface area contributed by atoms with Gasteiger partial charge < -0.3 is 9.13 Å². The SMILES string of the molecule is CCCCN1C(=O)c2cc(-n3c4ccccc4c4ccccc43)c(-n3c4ccccc4c4ccccc43)cc2C1=O. The molecule has 198 valence electrons. The lowest BCUT2D eigenvalue weighted by molar-refractivity contribution is 0.0652. The maximum Gasteiger partial charge on any atom is 0.261 e. The fraction of sp³-hybridized carbons (Fsp3) is 0.111. The molecule has 0 aliphatic carbocycles. The maximum atomic E-state index is 13.7. The Labute approximate surface area is 236 Å². The molecule has 2 aromatic heterocycles. The van der Waals surface area contributed by atoms with E-state index in [1.807, 2.05) is 36.4 Å². The molecule has 8 rings (SSSR count). The van der Waals surface area contributed by atoms with Gasteiger partial charge in [0.05, 0.1) is 44.6 Å². The molecule has 7 aromatic rings. The van der Waals surface area contributed by atoms with Crippen LogP contribution >= 0.6 is 0 Å². The lowest BCUT2D eigenvalue weighted by Crippen LogP contribution is -2.30. The van der Waals surface area contributed by atoms with E-state index in [1.165, 1.54) is 4.90 Å². The number of nitrogens with zero attached hydrogens (tertiary/aromatic N) is 3. The van der Waals surface area contributed by atoms with Crippen LogP contribution < -0.4 is 0 Å². The molecule has 0 spiro atoms.